The first kappa shape index (κ1) is 26.4. The molecule has 4 rings (SSSR count). The second-order valence-corrected chi connectivity index (χ2v) is 9.68. The SMILES string of the molecule is CC(C)C(=O)NCc1ccc(Cl)c(C(=O)Nc2ccc3c(c2)C(=O)N(Cc2cc(F)ccc2Cl)CO3)c1. The van der Waals surface area contributed by atoms with E-state index in [0.717, 1.165) is 0 Å². The number of hydrogen-bond acceptors (Lipinski definition) is 4. The molecule has 10 heteroatoms. The minimum absolute atomic E-state index is 0.0276. The van der Waals surface area contributed by atoms with Crippen LogP contribution in [0.1, 0.15) is 45.7 Å². The Kier molecular flexibility index (Phi) is 8.00. The first-order valence-electron chi connectivity index (χ1n) is 11.5. The number of ether oxygens (including phenoxy) is 1. The van der Waals surface area contributed by atoms with Gasteiger partial charge in [-0.25, -0.2) is 4.39 Å². The molecule has 0 aliphatic carbocycles. The molecule has 0 bridgehead atoms. The Morgan fingerprint density at radius 2 is 1.81 bits per heavy atom. The molecule has 1 aliphatic heterocycles. The lowest BCUT2D eigenvalue weighted by Gasteiger charge is -2.29. The Balaban J connectivity index is 1.49. The fourth-order valence-electron chi connectivity index (χ4n) is 3.71. The molecule has 3 amide bonds. The summed E-state index contributed by atoms with van der Waals surface area (Å²) >= 11 is 12.4. The highest BCUT2D eigenvalue weighted by molar-refractivity contribution is 6.34. The molecule has 37 heavy (non-hydrogen) atoms. The molecular formula is C27H24Cl2FN3O4. The van der Waals surface area contributed by atoms with Gasteiger partial charge in [0.2, 0.25) is 5.91 Å². The lowest BCUT2D eigenvalue weighted by Crippen LogP contribution is -2.38. The van der Waals surface area contributed by atoms with Crippen LogP contribution in [0.2, 0.25) is 10.0 Å². The van der Waals surface area contributed by atoms with Crippen molar-refractivity contribution in [3.05, 3.63) is 92.7 Å². The zero-order chi connectivity index (χ0) is 26.7. The van der Waals surface area contributed by atoms with Gasteiger partial charge in [0.15, 0.2) is 6.73 Å². The largest absolute Gasteiger partial charge is 0.472 e. The number of amides is 3. The van der Waals surface area contributed by atoms with Crippen LogP contribution < -0.4 is 15.4 Å². The number of carbonyl (C=O) groups is 3. The molecule has 2 N–H and O–H groups in total. The van der Waals surface area contributed by atoms with Crippen molar-refractivity contribution in [3.63, 3.8) is 0 Å². The Hall–Kier alpha value is -3.62. The standard InChI is InChI=1S/C27H24Cl2FN3O4/c1-15(2)25(34)31-12-16-3-6-23(29)20(9-16)26(35)32-19-5-8-24-21(11-19)27(36)33(14-37-24)13-17-10-18(30)4-7-22(17)28/h3-11,15H,12-14H2,1-2H3,(H,31,34)(H,32,35). The van der Waals surface area contributed by atoms with Crippen LogP contribution in [0.4, 0.5) is 10.1 Å². The summed E-state index contributed by atoms with van der Waals surface area (Å²) in [7, 11) is 0. The zero-order valence-electron chi connectivity index (χ0n) is 20.1. The molecule has 3 aromatic carbocycles. The molecule has 1 heterocycles. The van der Waals surface area contributed by atoms with Crippen LogP contribution in [-0.2, 0) is 17.9 Å². The van der Waals surface area contributed by atoms with Gasteiger partial charge in [-0.05, 0) is 59.7 Å². The van der Waals surface area contributed by atoms with Gasteiger partial charge in [-0.15, -0.1) is 0 Å². The van der Waals surface area contributed by atoms with Gasteiger partial charge in [-0.2, -0.15) is 0 Å². The van der Waals surface area contributed by atoms with Crippen molar-refractivity contribution in [2.45, 2.75) is 26.9 Å². The van der Waals surface area contributed by atoms with Crippen molar-refractivity contribution >= 4 is 46.6 Å². The normalized spacial score (nSPS) is 12.7. The molecule has 0 spiro atoms. The number of benzene rings is 3. The first-order chi connectivity index (χ1) is 17.6. The van der Waals surface area contributed by atoms with Crippen molar-refractivity contribution in [1.29, 1.82) is 0 Å². The van der Waals surface area contributed by atoms with Crippen molar-refractivity contribution < 1.29 is 23.5 Å². The van der Waals surface area contributed by atoms with Crippen LogP contribution in [0.5, 0.6) is 5.75 Å². The molecule has 192 valence electrons. The predicted molar refractivity (Wildman–Crippen MR) is 139 cm³/mol. The predicted octanol–water partition coefficient (Wildman–Crippen LogP) is 5.65. The van der Waals surface area contributed by atoms with E-state index in [1.807, 2.05) is 0 Å². The third-order valence-electron chi connectivity index (χ3n) is 5.77. The quantitative estimate of drug-likeness (QED) is 0.403. The molecule has 3 aromatic rings. The average Bonchev–Trinajstić information content (AvgIpc) is 2.87. The Morgan fingerprint density at radius 3 is 2.57 bits per heavy atom. The Bertz CT molecular complexity index is 1380. The maximum atomic E-state index is 13.7. The summed E-state index contributed by atoms with van der Waals surface area (Å²) in [6.07, 6.45) is 0. The van der Waals surface area contributed by atoms with Crippen LogP contribution in [0.25, 0.3) is 0 Å². The van der Waals surface area contributed by atoms with Crippen molar-refractivity contribution in [3.8, 4) is 5.75 Å². The van der Waals surface area contributed by atoms with Crippen molar-refractivity contribution in [2.24, 2.45) is 5.92 Å². The first-order valence-corrected chi connectivity index (χ1v) is 12.3. The van der Waals surface area contributed by atoms with Crippen LogP contribution in [-0.4, -0.2) is 29.4 Å². The van der Waals surface area contributed by atoms with Gasteiger partial charge in [-0.1, -0.05) is 43.1 Å². The van der Waals surface area contributed by atoms with Crippen LogP contribution in [0, 0.1) is 11.7 Å². The van der Waals surface area contributed by atoms with E-state index in [1.54, 1.807) is 44.2 Å². The van der Waals surface area contributed by atoms with Crippen molar-refractivity contribution in [2.75, 3.05) is 12.0 Å². The molecule has 7 nitrogen and oxygen atoms in total. The number of fused-ring (bicyclic) bond motifs is 1. The molecule has 0 saturated heterocycles. The Morgan fingerprint density at radius 1 is 1.05 bits per heavy atom. The average molecular weight is 544 g/mol. The van der Waals surface area contributed by atoms with E-state index < -0.39 is 11.7 Å². The molecule has 0 atom stereocenters. The van der Waals surface area contributed by atoms with E-state index in [0.29, 0.717) is 27.6 Å². The summed E-state index contributed by atoms with van der Waals surface area (Å²) in [4.78, 5) is 39.4. The summed E-state index contributed by atoms with van der Waals surface area (Å²) in [6.45, 7) is 3.87. The number of carbonyl (C=O) groups excluding carboxylic acids is 3. The zero-order valence-corrected chi connectivity index (χ0v) is 21.6. The van der Waals surface area contributed by atoms with Gasteiger partial charge in [-0.3, -0.25) is 14.4 Å². The number of rotatable bonds is 7. The second kappa shape index (κ2) is 11.2. The van der Waals surface area contributed by atoms with E-state index in [4.69, 9.17) is 27.9 Å². The fourth-order valence-corrected chi connectivity index (χ4v) is 4.09. The van der Waals surface area contributed by atoms with Crippen LogP contribution >= 0.6 is 23.2 Å². The summed E-state index contributed by atoms with van der Waals surface area (Å²) in [5, 5.41) is 6.13. The van der Waals surface area contributed by atoms with E-state index >= 15 is 0 Å². The van der Waals surface area contributed by atoms with Gasteiger partial charge in [0, 0.05) is 23.2 Å². The number of nitrogens with zero attached hydrogens (tertiary/aromatic N) is 1. The third-order valence-corrected chi connectivity index (χ3v) is 6.46. The number of hydrogen-bond donors (Lipinski definition) is 2. The maximum absolute atomic E-state index is 13.7. The minimum atomic E-state index is -0.477. The van der Waals surface area contributed by atoms with E-state index in [2.05, 4.69) is 10.6 Å². The molecular weight excluding hydrogens is 520 g/mol. The van der Waals surface area contributed by atoms with E-state index in [9.17, 15) is 18.8 Å². The van der Waals surface area contributed by atoms with E-state index in [-0.39, 0.29) is 53.7 Å². The van der Waals surface area contributed by atoms with Gasteiger partial charge in [0.25, 0.3) is 11.8 Å². The van der Waals surface area contributed by atoms with Gasteiger partial charge < -0.3 is 20.3 Å². The summed E-state index contributed by atoms with van der Waals surface area (Å²) < 4.78 is 19.3. The van der Waals surface area contributed by atoms with E-state index in [1.165, 1.54) is 29.2 Å². The Labute approximate surface area is 223 Å². The van der Waals surface area contributed by atoms with Gasteiger partial charge >= 0.3 is 0 Å². The summed E-state index contributed by atoms with van der Waals surface area (Å²) in [5.41, 5.74) is 1.99. The lowest BCUT2D eigenvalue weighted by atomic mass is 10.1. The molecule has 0 fully saturated rings. The summed E-state index contributed by atoms with van der Waals surface area (Å²) in [5.74, 6) is -1.18. The van der Waals surface area contributed by atoms with Gasteiger partial charge in [0.05, 0.1) is 22.7 Å². The topological polar surface area (TPSA) is 87.7 Å². The number of anilines is 1. The number of nitrogens with one attached hydrogen (secondary N) is 2. The van der Waals surface area contributed by atoms with Crippen molar-refractivity contribution in [1.82, 2.24) is 10.2 Å². The highest BCUT2D eigenvalue weighted by atomic mass is 35.5. The van der Waals surface area contributed by atoms with Crippen LogP contribution in [0.15, 0.2) is 54.6 Å². The molecule has 0 aromatic heterocycles. The highest BCUT2D eigenvalue weighted by Gasteiger charge is 2.27. The molecule has 0 radical (unpaired) electrons. The number of halogens is 3. The maximum Gasteiger partial charge on any atom is 0.260 e. The van der Waals surface area contributed by atoms with Gasteiger partial charge in [0.1, 0.15) is 11.6 Å². The minimum Gasteiger partial charge on any atom is -0.472 e. The molecule has 0 saturated carbocycles. The van der Waals surface area contributed by atoms with Crippen LogP contribution in [0.3, 0.4) is 0 Å². The fraction of sp³-hybridized carbons (Fsp3) is 0.222. The smallest absolute Gasteiger partial charge is 0.260 e. The lowest BCUT2D eigenvalue weighted by molar-refractivity contribution is -0.124. The third kappa shape index (κ3) is 6.21. The highest BCUT2D eigenvalue weighted by Crippen LogP contribution is 2.30. The second-order valence-electron chi connectivity index (χ2n) is 8.86. The molecule has 0 unspecified atom stereocenters. The monoisotopic (exact) mass is 543 g/mol. The molecule has 1 aliphatic rings. The summed E-state index contributed by atoms with van der Waals surface area (Å²) in [6, 6.07) is 13.6.